The summed E-state index contributed by atoms with van der Waals surface area (Å²) in [5.74, 6) is 1.35. The van der Waals surface area contributed by atoms with Gasteiger partial charge in [0.2, 0.25) is 0 Å². The molecular formula is C14H15ClIN3S. The van der Waals surface area contributed by atoms with Gasteiger partial charge < -0.3 is 0 Å². The summed E-state index contributed by atoms with van der Waals surface area (Å²) in [6.07, 6.45) is 5.71. The number of halogens is 2. The van der Waals surface area contributed by atoms with E-state index in [0.29, 0.717) is 17.5 Å². The molecule has 1 saturated carbocycles. The highest BCUT2D eigenvalue weighted by Gasteiger charge is 2.23. The molecule has 0 saturated heterocycles. The Morgan fingerprint density at radius 1 is 1.30 bits per heavy atom. The Labute approximate surface area is 141 Å². The second-order valence-electron chi connectivity index (χ2n) is 5.17. The van der Waals surface area contributed by atoms with Crippen LogP contribution < -0.4 is 0 Å². The van der Waals surface area contributed by atoms with Crippen LogP contribution in [0.15, 0.2) is 5.38 Å². The van der Waals surface area contributed by atoms with Crippen LogP contribution >= 0.6 is 45.5 Å². The topological polar surface area (TPSA) is 38.7 Å². The number of nitrogens with zero attached hydrogens (tertiary/aromatic N) is 3. The van der Waals surface area contributed by atoms with Crippen LogP contribution in [-0.2, 0) is 6.42 Å². The molecule has 106 valence electrons. The standard InChI is InChI=1S/C14H15ClIN3S/c1-8-7-20-11(17-8)6-10-18-13(9-4-2-3-5-9)12(16)14(15)19-10/h7,9H,2-6H2,1H3. The van der Waals surface area contributed by atoms with Gasteiger partial charge in [-0.1, -0.05) is 24.4 Å². The molecular weight excluding hydrogens is 405 g/mol. The van der Waals surface area contributed by atoms with Gasteiger partial charge in [0.15, 0.2) is 0 Å². The second-order valence-corrected chi connectivity index (χ2v) is 7.55. The molecule has 1 fully saturated rings. The first-order valence-electron chi connectivity index (χ1n) is 6.76. The van der Waals surface area contributed by atoms with E-state index < -0.39 is 0 Å². The maximum absolute atomic E-state index is 6.29. The molecule has 0 amide bonds. The van der Waals surface area contributed by atoms with E-state index in [1.807, 2.05) is 6.92 Å². The van der Waals surface area contributed by atoms with Gasteiger partial charge in [-0.3, -0.25) is 0 Å². The number of aromatic nitrogens is 3. The molecule has 0 N–H and O–H groups in total. The molecule has 0 spiro atoms. The van der Waals surface area contributed by atoms with E-state index in [4.69, 9.17) is 16.6 Å². The Balaban J connectivity index is 1.91. The summed E-state index contributed by atoms with van der Waals surface area (Å²) in [5.41, 5.74) is 2.20. The Hall–Kier alpha value is -0.270. The highest BCUT2D eigenvalue weighted by Crippen LogP contribution is 2.36. The van der Waals surface area contributed by atoms with E-state index in [2.05, 4.69) is 37.9 Å². The predicted octanol–water partition coefficient (Wildman–Crippen LogP) is 4.75. The van der Waals surface area contributed by atoms with Crippen LogP contribution in [0, 0.1) is 10.5 Å². The summed E-state index contributed by atoms with van der Waals surface area (Å²) in [4.78, 5) is 13.7. The van der Waals surface area contributed by atoms with Crippen molar-refractivity contribution >= 4 is 45.5 Å². The number of aryl methyl sites for hydroxylation is 1. The van der Waals surface area contributed by atoms with Gasteiger partial charge in [0.1, 0.15) is 16.0 Å². The van der Waals surface area contributed by atoms with E-state index in [9.17, 15) is 0 Å². The average Bonchev–Trinajstić information content (AvgIpc) is 3.05. The molecule has 0 radical (unpaired) electrons. The third-order valence-electron chi connectivity index (χ3n) is 3.60. The summed E-state index contributed by atoms with van der Waals surface area (Å²) in [5, 5.41) is 3.70. The average molecular weight is 420 g/mol. The van der Waals surface area contributed by atoms with Gasteiger partial charge in [-0.15, -0.1) is 11.3 Å². The van der Waals surface area contributed by atoms with E-state index in [1.54, 1.807) is 11.3 Å². The van der Waals surface area contributed by atoms with Gasteiger partial charge in [0, 0.05) is 17.0 Å². The Morgan fingerprint density at radius 3 is 2.70 bits per heavy atom. The van der Waals surface area contributed by atoms with E-state index in [1.165, 1.54) is 25.7 Å². The van der Waals surface area contributed by atoms with Crippen molar-refractivity contribution in [3.05, 3.63) is 36.3 Å². The number of hydrogen-bond acceptors (Lipinski definition) is 4. The maximum atomic E-state index is 6.29. The third-order valence-corrected chi connectivity index (χ3v) is 6.22. The van der Waals surface area contributed by atoms with Crippen LogP contribution in [-0.4, -0.2) is 15.0 Å². The highest BCUT2D eigenvalue weighted by atomic mass is 127. The largest absolute Gasteiger partial charge is 0.246 e. The van der Waals surface area contributed by atoms with Gasteiger partial charge >= 0.3 is 0 Å². The lowest BCUT2D eigenvalue weighted by molar-refractivity contribution is 0.680. The zero-order chi connectivity index (χ0) is 14.1. The molecule has 6 heteroatoms. The summed E-state index contributed by atoms with van der Waals surface area (Å²) < 4.78 is 1.02. The van der Waals surface area contributed by atoms with Gasteiger partial charge in [0.25, 0.3) is 0 Å². The maximum Gasteiger partial charge on any atom is 0.146 e. The molecule has 3 rings (SSSR count). The lowest BCUT2D eigenvalue weighted by Crippen LogP contribution is -2.07. The summed E-state index contributed by atoms with van der Waals surface area (Å²) in [6.45, 7) is 2.01. The molecule has 20 heavy (non-hydrogen) atoms. The lowest BCUT2D eigenvalue weighted by atomic mass is 10.0. The molecule has 1 aliphatic rings. The van der Waals surface area contributed by atoms with Crippen LogP contribution in [0.2, 0.25) is 5.15 Å². The summed E-state index contributed by atoms with van der Waals surface area (Å²) in [6, 6.07) is 0. The van der Waals surface area contributed by atoms with Crippen molar-refractivity contribution in [3.8, 4) is 0 Å². The van der Waals surface area contributed by atoms with Crippen molar-refractivity contribution in [2.24, 2.45) is 0 Å². The van der Waals surface area contributed by atoms with Crippen LogP contribution in [0.1, 0.15) is 53.8 Å². The van der Waals surface area contributed by atoms with Crippen LogP contribution in [0.4, 0.5) is 0 Å². The predicted molar refractivity (Wildman–Crippen MR) is 90.6 cm³/mol. The van der Waals surface area contributed by atoms with E-state index in [-0.39, 0.29) is 0 Å². The second kappa shape index (κ2) is 6.23. The Bertz CT molecular complexity index is 623. The quantitative estimate of drug-likeness (QED) is 0.532. The Morgan fingerprint density at radius 2 is 2.05 bits per heavy atom. The van der Waals surface area contributed by atoms with Crippen molar-refractivity contribution in [1.82, 2.24) is 15.0 Å². The summed E-state index contributed by atoms with van der Waals surface area (Å²) >= 11 is 10.2. The molecule has 0 unspecified atom stereocenters. The minimum atomic E-state index is 0.555. The zero-order valence-corrected chi connectivity index (χ0v) is 14.9. The minimum Gasteiger partial charge on any atom is -0.246 e. The lowest BCUT2D eigenvalue weighted by Gasteiger charge is -2.13. The fourth-order valence-electron chi connectivity index (χ4n) is 2.65. The first-order valence-corrected chi connectivity index (χ1v) is 9.10. The fourth-order valence-corrected chi connectivity index (χ4v) is 4.29. The number of hydrogen-bond donors (Lipinski definition) is 0. The molecule has 1 aliphatic carbocycles. The van der Waals surface area contributed by atoms with Gasteiger partial charge in [-0.25, -0.2) is 15.0 Å². The fraction of sp³-hybridized carbons (Fsp3) is 0.500. The van der Waals surface area contributed by atoms with Gasteiger partial charge in [0.05, 0.1) is 15.7 Å². The van der Waals surface area contributed by atoms with Crippen LogP contribution in [0.3, 0.4) is 0 Å². The Kier molecular flexibility index (Phi) is 4.57. The smallest absolute Gasteiger partial charge is 0.146 e. The molecule has 2 aromatic rings. The number of rotatable bonds is 3. The third kappa shape index (κ3) is 3.14. The van der Waals surface area contributed by atoms with Crippen molar-refractivity contribution in [2.75, 3.05) is 0 Å². The van der Waals surface area contributed by atoms with Crippen molar-refractivity contribution in [1.29, 1.82) is 0 Å². The van der Waals surface area contributed by atoms with Crippen molar-refractivity contribution in [2.45, 2.75) is 44.9 Å². The normalized spacial score (nSPS) is 15.9. The number of thiazole rings is 1. The minimum absolute atomic E-state index is 0.555. The first kappa shape index (κ1) is 14.7. The zero-order valence-electron chi connectivity index (χ0n) is 11.2. The van der Waals surface area contributed by atoms with Gasteiger partial charge in [-0.2, -0.15) is 0 Å². The molecule has 0 aliphatic heterocycles. The highest BCUT2D eigenvalue weighted by molar-refractivity contribution is 14.1. The van der Waals surface area contributed by atoms with Gasteiger partial charge in [-0.05, 0) is 42.4 Å². The molecule has 0 bridgehead atoms. The molecule has 0 aromatic carbocycles. The summed E-state index contributed by atoms with van der Waals surface area (Å²) in [7, 11) is 0. The first-order chi connectivity index (χ1) is 9.63. The van der Waals surface area contributed by atoms with E-state index >= 15 is 0 Å². The van der Waals surface area contributed by atoms with E-state index in [0.717, 1.165) is 25.8 Å². The molecule has 2 aromatic heterocycles. The SMILES string of the molecule is Cc1csc(Cc2nc(Cl)c(I)c(C3CCCC3)n2)n1. The monoisotopic (exact) mass is 419 g/mol. The molecule has 2 heterocycles. The molecule has 0 atom stereocenters. The van der Waals surface area contributed by atoms with Crippen LogP contribution in [0.5, 0.6) is 0 Å². The van der Waals surface area contributed by atoms with Crippen molar-refractivity contribution in [3.63, 3.8) is 0 Å². The van der Waals surface area contributed by atoms with Crippen LogP contribution in [0.25, 0.3) is 0 Å². The van der Waals surface area contributed by atoms with Crippen molar-refractivity contribution < 1.29 is 0 Å². The molecule has 3 nitrogen and oxygen atoms in total.